The SMILES string of the molecule is CCNS(=O)(=O)c1ccc(C(=O)N2C[C@@H](CN)[C@H](c3ccccc3)C2)cc1. The Kier molecular flexibility index (Phi) is 5.94. The molecule has 1 saturated heterocycles. The highest BCUT2D eigenvalue weighted by molar-refractivity contribution is 7.89. The Morgan fingerprint density at radius 3 is 2.37 bits per heavy atom. The van der Waals surface area contributed by atoms with Crippen LogP contribution in [0.5, 0.6) is 0 Å². The second kappa shape index (κ2) is 8.21. The topological polar surface area (TPSA) is 92.5 Å². The van der Waals surface area contributed by atoms with Crippen molar-refractivity contribution in [3.8, 4) is 0 Å². The molecule has 1 heterocycles. The zero-order valence-corrected chi connectivity index (χ0v) is 16.2. The van der Waals surface area contributed by atoms with Crippen LogP contribution in [0.2, 0.25) is 0 Å². The van der Waals surface area contributed by atoms with Gasteiger partial charge in [0.2, 0.25) is 10.0 Å². The summed E-state index contributed by atoms with van der Waals surface area (Å²) >= 11 is 0. The van der Waals surface area contributed by atoms with Gasteiger partial charge < -0.3 is 10.6 Å². The molecule has 0 radical (unpaired) electrons. The van der Waals surface area contributed by atoms with Gasteiger partial charge in [-0.15, -0.1) is 0 Å². The van der Waals surface area contributed by atoms with Crippen molar-refractivity contribution in [2.75, 3.05) is 26.2 Å². The van der Waals surface area contributed by atoms with Crippen LogP contribution < -0.4 is 10.5 Å². The lowest BCUT2D eigenvalue weighted by Gasteiger charge is -2.17. The van der Waals surface area contributed by atoms with Crippen LogP contribution in [0.3, 0.4) is 0 Å². The average Bonchev–Trinajstić information content (AvgIpc) is 3.12. The number of carbonyl (C=O) groups is 1. The van der Waals surface area contributed by atoms with E-state index in [0.717, 1.165) is 0 Å². The normalized spacial score (nSPS) is 20.0. The molecule has 144 valence electrons. The van der Waals surface area contributed by atoms with Gasteiger partial charge in [-0.3, -0.25) is 4.79 Å². The molecule has 3 N–H and O–H groups in total. The van der Waals surface area contributed by atoms with Crippen LogP contribution in [0, 0.1) is 5.92 Å². The molecular formula is C20H25N3O3S. The van der Waals surface area contributed by atoms with Crippen LogP contribution >= 0.6 is 0 Å². The van der Waals surface area contributed by atoms with Crippen molar-refractivity contribution in [3.05, 3.63) is 65.7 Å². The van der Waals surface area contributed by atoms with E-state index in [1.165, 1.54) is 17.7 Å². The van der Waals surface area contributed by atoms with Crippen molar-refractivity contribution in [1.29, 1.82) is 0 Å². The first-order valence-electron chi connectivity index (χ1n) is 9.10. The maximum Gasteiger partial charge on any atom is 0.253 e. The minimum atomic E-state index is -3.52. The van der Waals surface area contributed by atoms with Gasteiger partial charge >= 0.3 is 0 Å². The lowest BCUT2D eigenvalue weighted by Crippen LogP contribution is -2.30. The molecule has 6 nitrogen and oxygen atoms in total. The molecule has 0 unspecified atom stereocenters. The minimum absolute atomic E-state index is 0.0979. The number of hydrogen-bond acceptors (Lipinski definition) is 4. The first-order chi connectivity index (χ1) is 13.0. The summed E-state index contributed by atoms with van der Waals surface area (Å²) in [5.41, 5.74) is 7.62. The summed E-state index contributed by atoms with van der Waals surface area (Å²) < 4.78 is 26.5. The predicted octanol–water partition coefficient (Wildman–Crippen LogP) is 1.80. The molecule has 2 aromatic rings. The van der Waals surface area contributed by atoms with Crippen molar-refractivity contribution in [1.82, 2.24) is 9.62 Å². The maximum atomic E-state index is 12.9. The lowest BCUT2D eigenvalue weighted by atomic mass is 9.89. The summed E-state index contributed by atoms with van der Waals surface area (Å²) in [5.74, 6) is 0.331. The Labute approximate surface area is 160 Å². The summed E-state index contributed by atoms with van der Waals surface area (Å²) in [6.45, 7) is 3.77. The second-order valence-electron chi connectivity index (χ2n) is 6.75. The van der Waals surface area contributed by atoms with Crippen LogP contribution in [-0.2, 0) is 10.0 Å². The van der Waals surface area contributed by atoms with Crippen molar-refractivity contribution < 1.29 is 13.2 Å². The van der Waals surface area contributed by atoms with E-state index >= 15 is 0 Å². The molecule has 3 rings (SSSR count). The summed E-state index contributed by atoms with van der Waals surface area (Å²) in [7, 11) is -3.52. The van der Waals surface area contributed by atoms with Gasteiger partial charge in [-0.1, -0.05) is 37.3 Å². The fourth-order valence-corrected chi connectivity index (χ4v) is 4.63. The average molecular weight is 388 g/mol. The number of nitrogens with zero attached hydrogens (tertiary/aromatic N) is 1. The number of amides is 1. The van der Waals surface area contributed by atoms with Gasteiger partial charge in [-0.05, 0) is 42.3 Å². The molecule has 7 heteroatoms. The van der Waals surface area contributed by atoms with Crippen LogP contribution in [-0.4, -0.2) is 45.4 Å². The van der Waals surface area contributed by atoms with Gasteiger partial charge in [0.15, 0.2) is 0 Å². The molecular weight excluding hydrogens is 362 g/mol. The zero-order chi connectivity index (χ0) is 19.4. The molecule has 0 saturated carbocycles. The standard InChI is InChI=1S/C20H25N3O3S/c1-2-22-27(25,26)18-10-8-16(9-11-18)20(24)23-13-17(12-21)19(14-23)15-6-4-3-5-7-15/h3-11,17,19,22H,2,12-14,21H2,1H3/t17-,19+/m1/s1. The lowest BCUT2D eigenvalue weighted by molar-refractivity contribution is 0.0786. The van der Waals surface area contributed by atoms with E-state index in [1.807, 2.05) is 23.1 Å². The fraction of sp³-hybridized carbons (Fsp3) is 0.350. The van der Waals surface area contributed by atoms with E-state index in [4.69, 9.17) is 5.73 Å². The van der Waals surface area contributed by atoms with E-state index in [-0.39, 0.29) is 22.6 Å². The highest BCUT2D eigenvalue weighted by Crippen LogP contribution is 2.32. The first kappa shape index (κ1) is 19.5. The molecule has 2 aromatic carbocycles. The number of likely N-dealkylation sites (tertiary alicyclic amines) is 1. The molecule has 1 aliphatic heterocycles. The smallest absolute Gasteiger partial charge is 0.253 e. The summed E-state index contributed by atoms with van der Waals surface area (Å²) in [4.78, 5) is 14.9. The van der Waals surface area contributed by atoms with E-state index in [1.54, 1.807) is 19.1 Å². The van der Waals surface area contributed by atoms with Crippen LogP contribution in [0.25, 0.3) is 0 Å². The Bertz CT molecular complexity index is 882. The number of carbonyl (C=O) groups excluding carboxylic acids is 1. The van der Waals surface area contributed by atoms with Crippen molar-refractivity contribution in [2.45, 2.75) is 17.7 Å². The van der Waals surface area contributed by atoms with Gasteiger partial charge in [-0.2, -0.15) is 0 Å². The molecule has 0 aliphatic carbocycles. The summed E-state index contributed by atoms with van der Waals surface area (Å²) in [6, 6.07) is 16.2. The highest BCUT2D eigenvalue weighted by atomic mass is 32.2. The van der Waals surface area contributed by atoms with Gasteiger partial charge in [0.1, 0.15) is 0 Å². The first-order valence-corrected chi connectivity index (χ1v) is 10.6. The Hall–Kier alpha value is -2.22. The number of nitrogens with one attached hydrogen (secondary N) is 1. The molecule has 1 fully saturated rings. The molecule has 27 heavy (non-hydrogen) atoms. The van der Waals surface area contributed by atoms with E-state index < -0.39 is 10.0 Å². The Morgan fingerprint density at radius 1 is 1.11 bits per heavy atom. The third kappa shape index (κ3) is 4.21. The summed E-state index contributed by atoms with van der Waals surface area (Å²) in [5, 5.41) is 0. The predicted molar refractivity (Wildman–Crippen MR) is 105 cm³/mol. The molecule has 0 spiro atoms. The maximum absolute atomic E-state index is 12.9. The molecule has 2 atom stereocenters. The Morgan fingerprint density at radius 2 is 1.78 bits per heavy atom. The molecule has 1 aliphatic rings. The quantitative estimate of drug-likeness (QED) is 0.790. The van der Waals surface area contributed by atoms with Crippen molar-refractivity contribution >= 4 is 15.9 Å². The third-order valence-corrected chi connectivity index (χ3v) is 6.57. The number of benzene rings is 2. The number of sulfonamides is 1. The molecule has 0 bridgehead atoms. The minimum Gasteiger partial charge on any atom is -0.338 e. The number of nitrogens with two attached hydrogens (primary N) is 1. The van der Waals surface area contributed by atoms with E-state index in [0.29, 0.717) is 31.7 Å². The van der Waals surface area contributed by atoms with Crippen molar-refractivity contribution in [3.63, 3.8) is 0 Å². The highest BCUT2D eigenvalue weighted by Gasteiger charge is 2.35. The molecule has 0 aromatic heterocycles. The summed E-state index contributed by atoms with van der Waals surface area (Å²) in [6.07, 6.45) is 0. The monoisotopic (exact) mass is 387 g/mol. The van der Waals surface area contributed by atoms with Crippen LogP contribution in [0.4, 0.5) is 0 Å². The van der Waals surface area contributed by atoms with E-state index in [9.17, 15) is 13.2 Å². The third-order valence-electron chi connectivity index (χ3n) is 5.00. The largest absolute Gasteiger partial charge is 0.338 e. The number of rotatable bonds is 6. The molecule has 1 amide bonds. The van der Waals surface area contributed by atoms with Gasteiger partial charge in [0.05, 0.1) is 4.90 Å². The van der Waals surface area contributed by atoms with Gasteiger partial charge in [-0.25, -0.2) is 13.1 Å². The van der Waals surface area contributed by atoms with Crippen molar-refractivity contribution in [2.24, 2.45) is 11.7 Å². The second-order valence-corrected chi connectivity index (χ2v) is 8.52. The van der Waals surface area contributed by atoms with Gasteiger partial charge in [0, 0.05) is 31.1 Å². The fourth-order valence-electron chi connectivity index (χ4n) is 3.59. The zero-order valence-electron chi connectivity index (χ0n) is 15.3. The van der Waals surface area contributed by atoms with Gasteiger partial charge in [0.25, 0.3) is 5.91 Å². The number of hydrogen-bond donors (Lipinski definition) is 2. The Balaban J connectivity index is 1.76. The van der Waals surface area contributed by atoms with Crippen LogP contribution in [0.15, 0.2) is 59.5 Å². The van der Waals surface area contributed by atoms with Crippen LogP contribution in [0.1, 0.15) is 28.8 Å². The van der Waals surface area contributed by atoms with E-state index in [2.05, 4.69) is 16.9 Å².